The van der Waals surface area contributed by atoms with Gasteiger partial charge in [-0.25, -0.2) is 4.98 Å². The van der Waals surface area contributed by atoms with E-state index in [1.54, 1.807) is 0 Å². The molecule has 0 fully saturated rings. The number of carbonyl (C=O) groups is 1. The predicted molar refractivity (Wildman–Crippen MR) is 90.1 cm³/mol. The van der Waals surface area contributed by atoms with Crippen LogP contribution in [0.1, 0.15) is 6.92 Å². The summed E-state index contributed by atoms with van der Waals surface area (Å²) in [5.41, 5.74) is 1.50. The molecule has 7 nitrogen and oxygen atoms in total. The molecule has 0 saturated heterocycles. The molecule has 3 aromatic rings. The molecule has 0 saturated carbocycles. The summed E-state index contributed by atoms with van der Waals surface area (Å²) >= 11 is 0.990. The molecular weight excluding hydrogens is 330 g/mol. The van der Waals surface area contributed by atoms with Crippen LogP contribution < -0.4 is 10.7 Å². The molecule has 0 aliphatic rings. The van der Waals surface area contributed by atoms with Crippen LogP contribution in [0, 0.1) is 0 Å². The molecule has 24 heavy (non-hydrogen) atoms. The van der Waals surface area contributed by atoms with Crippen LogP contribution in [0.2, 0.25) is 0 Å². The Kier molecular flexibility index (Phi) is 4.59. The van der Waals surface area contributed by atoms with E-state index in [1.807, 2.05) is 24.3 Å². The third kappa shape index (κ3) is 2.90. The van der Waals surface area contributed by atoms with Gasteiger partial charge in [0.15, 0.2) is 5.16 Å². The van der Waals surface area contributed by atoms with Crippen molar-refractivity contribution in [2.24, 2.45) is 0 Å². The molecule has 1 aromatic carbocycles. The van der Waals surface area contributed by atoms with Gasteiger partial charge in [0.1, 0.15) is 11.0 Å². The second kappa shape index (κ2) is 6.66. The van der Waals surface area contributed by atoms with Crippen LogP contribution in [-0.2, 0) is 16.1 Å². The molecule has 2 aromatic heterocycles. The van der Waals surface area contributed by atoms with Crippen molar-refractivity contribution in [2.75, 3.05) is 13.7 Å². The van der Waals surface area contributed by atoms with E-state index in [-0.39, 0.29) is 12.1 Å². The molecule has 0 aliphatic heterocycles. The van der Waals surface area contributed by atoms with E-state index in [2.05, 4.69) is 9.97 Å². The molecule has 3 rings (SSSR count). The summed E-state index contributed by atoms with van der Waals surface area (Å²) in [7, 11) is 1.54. The Hall–Kier alpha value is -2.32. The smallest absolute Gasteiger partial charge is 0.278 e. The number of thioether (sulfide) groups is 1. The van der Waals surface area contributed by atoms with Crippen molar-refractivity contribution in [3.8, 4) is 0 Å². The van der Waals surface area contributed by atoms with Crippen molar-refractivity contribution in [1.82, 2.24) is 14.5 Å². The standard InChI is InChI=1S/C16H17N3O4S/c1-9(15(21)22)24-16-18-12-10-5-3-4-6-11(10)17-13(12)14(20)19(16)7-8-23-2/h3-6,9,17H,7-8H2,1-2H3,(H,21,22)/p-1/t9-/m0/s1. The molecule has 8 heteroatoms. The summed E-state index contributed by atoms with van der Waals surface area (Å²) in [5, 5.41) is 11.4. The maximum absolute atomic E-state index is 12.8. The van der Waals surface area contributed by atoms with Gasteiger partial charge in [0.25, 0.3) is 5.56 Å². The number of aromatic nitrogens is 3. The number of hydrogen-bond acceptors (Lipinski definition) is 6. The van der Waals surface area contributed by atoms with Gasteiger partial charge < -0.3 is 19.6 Å². The first kappa shape index (κ1) is 16.5. The minimum absolute atomic E-state index is 0.249. The van der Waals surface area contributed by atoms with Gasteiger partial charge in [0.05, 0.1) is 19.1 Å². The Labute approximate surface area is 141 Å². The first-order valence-electron chi connectivity index (χ1n) is 7.40. The van der Waals surface area contributed by atoms with E-state index in [4.69, 9.17) is 4.74 Å². The lowest BCUT2D eigenvalue weighted by Crippen LogP contribution is -2.33. The molecule has 0 amide bonds. The fourth-order valence-corrected chi connectivity index (χ4v) is 3.31. The number of nitrogens with one attached hydrogen (secondary N) is 1. The normalized spacial score (nSPS) is 12.8. The van der Waals surface area contributed by atoms with Crippen LogP contribution in [0.3, 0.4) is 0 Å². The molecule has 0 unspecified atom stereocenters. The van der Waals surface area contributed by atoms with E-state index in [0.29, 0.717) is 22.8 Å². The first-order chi connectivity index (χ1) is 11.5. The maximum Gasteiger partial charge on any atom is 0.278 e. The number of hydrogen-bond donors (Lipinski definition) is 1. The van der Waals surface area contributed by atoms with Crippen molar-refractivity contribution >= 4 is 39.7 Å². The van der Waals surface area contributed by atoms with Crippen LogP contribution in [-0.4, -0.2) is 39.5 Å². The third-order valence-corrected chi connectivity index (χ3v) is 4.78. The second-order valence-electron chi connectivity index (χ2n) is 5.32. The van der Waals surface area contributed by atoms with Crippen LogP contribution in [0.4, 0.5) is 0 Å². The Balaban J connectivity index is 2.23. The molecule has 1 N–H and O–H groups in total. The Morgan fingerprint density at radius 2 is 2.21 bits per heavy atom. The van der Waals surface area contributed by atoms with E-state index in [0.717, 1.165) is 22.7 Å². The van der Waals surface area contributed by atoms with Crippen molar-refractivity contribution in [1.29, 1.82) is 0 Å². The number of carbonyl (C=O) groups excluding carboxylic acids is 1. The van der Waals surface area contributed by atoms with Crippen molar-refractivity contribution in [3.05, 3.63) is 34.6 Å². The maximum atomic E-state index is 12.8. The topological polar surface area (TPSA) is 100 Å². The van der Waals surface area contributed by atoms with Gasteiger partial charge in [0, 0.05) is 23.3 Å². The Bertz CT molecular complexity index is 963. The Morgan fingerprint density at radius 3 is 2.92 bits per heavy atom. The number of H-pyrrole nitrogens is 1. The molecule has 126 valence electrons. The number of para-hydroxylation sites is 1. The van der Waals surface area contributed by atoms with Crippen molar-refractivity contribution in [3.63, 3.8) is 0 Å². The van der Waals surface area contributed by atoms with Gasteiger partial charge in [0.2, 0.25) is 0 Å². The zero-order valence-corrected chi connectivity index (χ0v) is 14.1. The van der Waals surface area contributed by atoms with Crippen molar-refractivity contribution in [2.45, 2.75) is 23.9 Å². The van der Waals surface area contributed by atoms with Crippen LogP contribution in [0.5, 0.6) is 0 Å². The lowest BCUT2D eigenvalue weighted by Gasteiger charge is -2.15. The van der Waals surface area contributed by atoms with Gasteiger partial charge >= 0.3 is 0 Å². The number of aromatic amines is 1. The molecule has 0 bridgehead atoms. The van der Waals surface area contributed by atoms with Crippen molar-refractivity contribution < 1.29 is 14.6 Å². The summed E-state index contributed by atoms with van der Waals surface area (Å²) in [6.45, 7) is 2.11. The molecular formula is C16H16N3O4S-. The minimum atomic E-state index is -1.20. The number of rotatable bonds is 6. The number of aliphatic carboxylic acids is 1. The highest BCUT2D eigenvalue weighted by molar-refractivity contribution is 8.00. The molecule has 0 spiro atoms. The number of carboxylic acids is 1. The molecule has 0 radical (unpaired) electrons. The van der Waals surface area contributed by atoms with E-state index >= 15 is 0 Å². The Morgan fingerprint density at radius 1 is 1.46 bits per heavy atom. The number of ether oxygens (including phenoxy) is 1. The van der Waals surface area contributed by atoms with Gasteiger partial charge in [-0.15, -0.1) is 0 Å². The SMILES string of the molecule is COCCn1c(S[C@@H](C)C(=O)[O-])nc2c([nH]c3ccccc32)c1=O. The molecule has 2 heterocycles. The number of nitrogens with zero attached hydrogens (tertiary/aromatic N) is 2. The van der Waals surface area contributed by atoms with Crippen LogP contribution >= 0.6 is 11.8 Å². The number of benzene rings is 1. The summed E-state index contributed by atoms with van der Waals surface area (Å²) in [4.78, 5) is 31.5. The monoisotopic (exact) mass is 346 g/mol. The van der Waals surface area contributed by atoms with Gasteiger partial charge in [-0.1, -0.05) is 30.0 Å². The highest BCUT2D eigenvalue weighted by atomic mass is 32.2. The summed E-state index contributed by atoms with van der Waals surface area (Å²) in [5.74, 6) is -1.20. The van der Waals surface area contributed by atoms with Gasteiger partial charge in [-0.2, -0.15) is 0 Å². The minimum Gasteiger partial charge on any atom is -0.549 e. The van der Waals surface area contributed by atoms with Gasteiger partial charge in [-0.05, 0) is 13.0 Å². The average Bonchev–Trinajstić information content (AvgIpc) is 2.93. The van der Waals surface area contributed by atoms with Gasteiger partial charge in [-0.3, -0.25) is 9.36 Å². The highest BCUT2D eigenvalue weighted by Crippen LogP contribution is 2.26. The predicted octanol–water partition coefficient (Wildman–Crippen LogP) is 0.755. The number of fused-ring (bicyclic) bond motifs is 3. The molecule has 0 aliphatic carbocycles. The highest BCUT2D eigenvalue weighted by Gasteiger charge is 2.18. The molecule has 1 atom stereocenters. The summed E-state index contributed by atoms with van der Waals surface area (Å²) in [6.07, 6.45) is 0. The zero-order valence-electron chi connectivity index (χ0n) is 13.2. The van der Waals surface area contributed by atoms with Crippen LogP contribution in [0.15, 0.2) is 34.2 Å². The number of carboxylic acid groups (broad SMARTS) is 1. The fourth-order valence-electron chi connectivity index (χ4n) is 2.45. The number of methoxy groups -OCH3 is 1. The average molecular weight is 346 g/mol. The quantitative estimate of drug-likeness (QED) is 0.522. The third-order valence-electron chi connectivity index (χ3n) is 3.71. The summed E-state index contributed by atoms with van der Waals surface area (Å²) < 4.78 is 6.48. The fraction of sp³-hybridized carbons (Fsp3) is 0.312. The van der Waals surface area contributed by atoms with E-state index in [1.165, 1.54) is 18.6 Å². The second-order valence-corrected chi connectivity index (χ2v) is 6.63. The van der Waals surface area contributed by atoms with E-state index in [9.17, 15) is 14.7 Å². The lowest BCUT2D eigenvalue weighted by molar-refractivity contribution is -0.304. The lowest BCUT2D eigenvalue weighted by atomic mass is 10.2. The largest absolute Gasteiger partial charge is 0.549 e. The summed E-state index contributed by atoms with van der Waals surface area (Å²) in [6, 6.07) is 7.47. The first-order valence-corrected chi connectivity index (χ1v) is 8.28. The zero-order chi connectivity index (χ0) is 17.3. The van der Waals surface area contributed by atoms with Crippen LogP contribution in [0.25, 0.3) is 21.9 Å². The van der Waals surface area contributed by atoms with E-state index < -0.39 is 11.2 Å².